The van der Waals surface area contributed by atoms with E-state index in [9.17, 15) is 4.79 Å². The number of rotatable bonds is 4. The first-order chi connectivity index (χ1) is 14.1. The average molecular weight is 392 g/mol. The third kappa shape index (κ3) is 4.34. The van der Waals surface area contributed by atoms with Crippen molar-refractivity contribution in [3.8, 4) is 0 Å². The average Bonchev–Trinajstić information content (AvgIpc) is 2.74. The van der Waals surface area contributed by atoms with Crippen LogP contribution in [0.15, 0.2) is 36.8 Å². The van der Waals surface area contributed by atoms with Crippen LogP contribution in [0.5, 0.6) is 0 Å². The summed E-state index contributed by atoms with van der Waals surface area (Å²) in [6.45, 7) is 3.45. The Kier molecular flexibility index (Phi) is 5.37. The molecule has 3 N–H and O–H groups in total. The number of aromatic nitrogens is 4. The number of urea groups is 1. The molecule has 3 heterocycles. The minimum absolute atomic E-state index is 0.0329. The maximum Gasteiger partial charge on any atom is 0.317 e. The van der Waals surface area contributed by atoms with Crippen LogP contribution in [0.3, 0.4) is 0 Å². The highest BCUT2D eigenvalue weighted by Gasteiger charge is 2.22. The third-order valence-corrected chi connectivity index (χ3v) is 4.99. The Labute approximate surface area is 169 Å². The Morgan fingerprint density at radius 3 is 2.76 bits per heavy atom. The van der Waals surface area contributed by atoms with Crippen LogP contribution in [0.2, 0.25) is 0 Å². The van der Waals surface area contributed by atoms with E-state index in [4.69, 9.17) is 0 Å². The second-order valence-electron chi connectivity index (χ2n) is 7.11. The van der Waals surface area contributed by atoms with Crippen molar-refractivity contribution in [2.24, 2.45) is 0 Å². The zero-order chi connectivity index (χ0) is 20.2. The van der Waals surface area contributed by atoms with E-state index in [1.807, 2.05) is 30.0 Å². The highest BCUT2D eigenvalue weighted by Crippen LogP contribution is 2.23. The number of likely N-dealkylation sites (tertiary alicyclic amines) is 1. The Hall–Kier alpha value is -3.49. The SMILES string of the molecule is CNC(=O)N1CCC(Nc2ncc3ncnc(Nc4cccc(C)c4)c3n2)CC1. The maximum absolute atomic E-state index is 11.7. The molecule has 29 heavy (non-hydrogen) atoms. The molecule has 2 aromatic heterocycles. The summed E-state index contributed by atoms with van der Waals surface area (Å²) in [7, 11) is 1.65. The van der Waals surface area contributed by atoms with Crippen LogP contribution >= 0.6 is 0 Å². The summed E-state index contributed by atoms with van der Waals surface area (Å²) >= 11 is 0. The lowest BCUT2D eigenvalue weighted by atomic mass is 10.1. The number of nitrogens with one attached hydrogen (secondary N) is 3. The lowest BCUT2D eigenvalue weighted by Gasteiger charge is -2.32. The number of amides is 2. The number of hydrogen-bond acceptors (Lipinski definition) is 7. The summed E-state index contributed by atoms with van der Waals surface area (Å²) < 4.78 is 0. The smallest absolute Gasteiger partial charge is 0.317 e. The molecule has 1 fully saturated rings. The second kappa shape index (κ2) is 8.26. The van der Waals surface area contributed by atoms with Gasteiger partial charge in [-0.05, 0) is 37.5 Å². The third-order valence-electron chi connectivity index (χ3n) is 4.99. The quantitative estimate of drug-likeness (QED) is 0.626. The lowest BCUT2D eigenvalue weighted by Crippen LogP contribution is -2.46. The van der Waals surface area contributed by atoms with Crippen LogP contribution in [-0.4, -0.2) is 57.0 Å². The van der Waals surface area contributed by atoms with E-state index in [1.54, 1.807) is 13.2 Å². The molecule has 4 rings (SSSR count). The number of benzene rings is 1. The molecular weight excluding hydrogens is 368 g/mol. The van der Waals surface area contributed by atoms with Crippen LogP contribution < -0.4 is 16.0 Å². The molecule has 0 unspecified atom stereocenters. The summed E-state index contributed by atoms with van der Waals surface area (Å²) in [4.78, 5) is 31.2. The first kappa shape index (κ1) is 18.9. The molecule has 0 radical (unpaired) electrons. The summed E-state index contributed by atoms with van der Waals surface area (Å²) in [5.41, 5.74) is 3.44. The molecule has 1 aliphatic heterocycles. The molecule has 0 aliphatic carbocycles. The fourth-order valence-electron chi connectivity index (χ4n) is 3.44. The van der Waals surface area contributed by atoms with Crippen LogP contribution in [0, 0.1) is 6.92 Å². The van der Waals surface area contributed by atoms with Crippen LogP contribution in [0.4, 0.5) is 22.2 Å². The summed E-state index contributed by atoms with van der Waals surface area (Å²) in [5.74, 6) is 1.18. The molecule has 0 saturated carbocycles. The molecule has 1 aliphatic rings. The van der Waals surface area contributed by atoms with Gasteiger partial charge in [0.25, 0.3) is 0 Å². The number of anilines is 3. The number of hydrogen-bond donors (Lipinski definition) is 3. The molecule has 9 nitrogen and oxygen atoms in total. The first-order valence-corrected chi connectivity index (χ1v) is 9.67. The van der Waals surface area contributed by atoms with Crippen molar-refractivity contribution < 1.29 is 4.79 Å². The van der Waals surface area contributed by atoms with Crippen molar-refractivity contribution in [2.45, 2.75) is 25.8 Å². The van der Waals surface area contributed by atoms with Crippen molar-refractivity contribution in [3.05, 3.63) is 42.4 Å². The fraction of sp³-hybridized carbons (Fsp3) is 0.350. The van der Waals surface area contributed by atoms with Gasteiger partial charge < -0.3 is 20.9 Å². The highest BCUT2D eigenvalue weighted by molar-refractivity contribution is 5.87. The van der Waals surface area contributed by atoms with Gasteiger partial charge >= 0.3 is 6.03 Å². The van der Waals surface area contributed by atoms with Crippen molar-refractivity contribution in [1.29, 1.82) is 0 Å². The summed E-state index contributed by atoms with van der Waals surface area (Å²) in [5, 5.41) is 9.38. The zero-order valence-electron chi connectivity index (χ0n) is 16.5. The minimum atomic E-state index is -0.0329. The van der Waals surface area contributed by atoms with E-state index < -0.39 is 0 Å². The van der Waals surface area contributed by atoms with E-state index in [0.29, 0.717) is 35.9 Å². The first-order valence-electron chi connectivity index (χ1n) is 9.67. The van der Waals surface area contributed by atoms with Gasteiger partial charge in [0.05, 0.1) is 6.20 Å². The second-order valence-corrected chi connectivity index (χ2v) is 7.11. The number of nitrogens with zero attached hydrogens (tertiary/aromatic N) is 5. The Bertz CT molecular complexity index is 1020. The van der Waals surface area contributed by atoms with Crippen molar-refractivity contribution in [3.63, 3.8) is 0 Å². The van der Waals surface area contributed by atoms with Gasteiger partial charge in [0, 0.05) is 31.9 Å². The van der Waals surface area contributed by atoms with Crippen LogP contribution in [-0.2, 0) is 0 Å². The van der Waals surface area contributed by atoms with Gasteiger partial charge in [-0.1, -0.05) is 12.1 Å². The molecule has 3 aromatic rings. The summed E-state index contributed by atoms with van der Waals surface area (Å²) in [6.07, 6.45) is 4.89. The maximum atomic E-state index is 11.7. The number of fused-ring (bicyclic) bond motifs is 1. The van der Waals surface area contributed by atoms with E-state index in [0.717, 1.165) is 24.1 Å². The monoisotopic (exact) mass is 392 g/mol. The highest BCUT2D eigenvalue weighted by atomic mass is 16.2. The van der Waals surface area contributed by atoms with Gasteiger partial charge in [-0.15, -0.1) is 0 Å². The molecule has 1 saturated heterocycles. The van der Waals surface area contributed by atoms with Gasteiger partial charge in [0.1, 0.15) is 17.4 Å². The largest absolute Gasteiger partial charge is 0.351 e. The number of piperidine rings is 1. The summed E-state index contributed by atoms with van der Waals surface area (Å²) in [6, 6.07) is 8.26. The molecule has 0 bridgehead atoms. The number of carbonyl (C=O) groups is 1. The molecule has 1 aromatic carbocycles. The van der Waals surface area contributed by atoms with E-state index >= 15 is 0 Å². The minimum Gasteiger partial charge on any atom is -0.351 e. The molecule has 0 atom stereocenters. The van der Waals surface area contributed by atoms with E-state index in [2.05, 4.69) is 42.0 Å². The predicted octanol–water partition coefficient (Wildman–Crippen LogP) is 2.69. The lowest BCUT2D eigenvalue weighted by molar-refractivity contribution is 0.186. The predicted molar refractivity (Wildman–Crippen MR) is 112 cm³/mol. The number of aryl methyl sites for hydroxylation is 1. The Morgan fingerprint density at radius 2 is 2.00 bits per heavy atom. The van der Waals surface area contributed by atoms with Gasteiger partial charge in [0.2, 0.25) is 5.95 Å². The van der Waals surface area contributed by atoms with Crippen molar-refractivity contribution >= 4 is 34.5 Å². The molecule has 150 valence electrons. The van der Waals surface area contributed by atoms with Gasteiger partial charge in [0.15, 0.2) is 5.82 Å². The molecule has 9 heteroatoms. The fourth-order valence-corrected chi connectivity index (χ4v) is 3.44. The molecule has 2 amide bonds. The standard InChI is InChI=1S/C20H24N8O/c1-13-4-3-5-15(10-13)25-18-17-16(23-12-24-18)11-22-19(27-17)26-14-6-8-28(9-7-14)20(29)21-2/h3-5,10-12,14H,6-9H2,1-2H3,(H,21,29)(H,22,26,27)(H,23,24,25). The number of carbonyl (C=O) groups excluding carboxylic acids is 1. The van der Waals surface area contributed by atoms with Crippen molar-refractivity contribution in [1.82, 2.24) is 30.2 Å². The Morgan fingerprint density at radius 1 is 1.17 bits per heavy atom. The van der Waals surface area contributed by atoms with Gasteiger partial charge in [-0.3, -0.25) is 0 Å². The van der Waals surface area contributed by atoms with E-state index in [1.165, 1.54) is 6.33 Å². The topological polar surface area (TPSA) is 108 Å². The van der Waals surface area contributed by atoms with E-state index in [-0.39, 0.29) is 12.1 Å². The zero-order valence-corrected chi connectivity index (χ0v) is 16.5. The van der Waals surface area contributed by atoms with Gasteiger partial charge in [-0.2, -0.15) is 0 Å². The molecule has 0 spiro atoms. The van der Waals surface area contributed by atoms with Gasteiger partial charge in [-0.25, -0.2) is 24.7 Å². The van der Waals surface area contributed by atoms with Crippen LogP contribution in [0.1, 0.15) is 18.4 Å². The van der Waals surface area contributed by atoms with Crippen molar-refractivity contribution in [2.75, 3.05) is 30.8 Å². The van der Waals surface area contributed by atoms with Crippen LogP contribution in [0.25, 0.3) is 11.0 Å². The Balaban J connectivity index is 1.51. The normalized spacial score (nSPS) is 14.6. The molecular formula is C20H24N8O.